The number of hydrogen-bond donors (Lipinski definition) is 2. The number of nitrogens with one attached hydrogen (secondary N) is 2. The van der Waals surface area contributed by atoms with E-state index in [9.17, 15) is 8.78 Å². The summed E-state index contributed by atoms with van der Waals surface area (Å²) in [7, 11) is 0. The highest BCUT2D eigenvalue weighted by atomic mass is 32.1. The van der Waals surface area contributed by atoms with Crippen molar-refractivity contribution in [3.8, 4) is 28.6 Å². The van der Waals surface area contributed by atoms with Crippen LogP contribution in [0.5, 0.6) is 11.5 Å². The summed E-state index contributed by atoms with van der Waals surface area (Å²) in [6, 6.07) is 19.9. The molecule has 0 bridgehead atoms. The quantitative estimate of drug-likeness (QED) is 0.192. The van der Waals surface area contributed by atoms with Crippen LogP contribution in [0, 0.1) is 0 Å². The Labute approximate surface area is 216 Å². The number of halogens is 2. The first-order valence-corrected chi connectivity index (χ1v) is 11.8. The van der Waals surface area contributed by atoms with Crippen LogP contribution in [0.25, 0.3) is 17.1 Å². The molecule has 188 valence electrons. The fourth-order valence-electron chi connectivity index (χ4n) is 3.75. The van der Waals surface area contributed by atoms with Gasteiger partial charge in [0.25, 0.3) is 0 Å². The summed E-state index contributed by atoms with van der Waals surface area (Å²) in [5.41, 5.74) is 7.08. The van der Waals surface area contributed by atoms with Crippen LogP contribution in [0.4, 0.5) is 14.5 Å². The Morgan fingerprint density at radius 2 is 1.81 bits per heavy atom. The van der Waals surface area contributed by atoms with E-state index in [1.54, 1.807) is 12.3 Å². The SMILES string of the molecule is CC(C)c1ccccc1NC(=S)N/N=C/c1ccc(-c2ncn(-c3ccc4c(c3)OC(F)(F)O4)n2)cc1. The van der Waals surface area contributed by atoms with E-state index < -0.39 is 6.29 Å². The molecule has 8 nitrogen and oxygen atoms in total. The van der Waals surface area contributed by atoms with Crippen LogP contribution in [0.15, 0.2) is 78.2 Å². The van der Waals surface area contributed by atoms with Gasteiger partial charge in [-0.15, -0.1) is 13.9 Å². The lowest BCUT2D eigenvalue weighted by Gasteiger charge is -2.14. The smallest absolute Gasteiger partial charge is 0.395 e. The molecule has 0 aliphatic carbocycles. The molecule has 0 saturated carbocycles. The summed E-state index contributed by atoms with van der Waals surface area (Å²) in [5, 5.41) is 12.2. The van der Waals surface area contributed by atoms with Crippen LogP contribution in [-0.2, 0) is 0 Å². The van der Waals surface area contributed by atoms with E-state index in [2.05, 4.69) is 55.3 Å². The number of aromatic nitrogens is 3. The molecular formula is C26H22F2N6O2S. The summed E-state index contributed by atoms with van der Waals surface area (Å²) in [6.45, 7) is 4.25. The van der Waals surface area contributed by atoms with E-state index in [0.29, 0.717) is 22.5 Å². The average Bonchev–Trinajstić information content (AvgIpc) is 3.47. The van der Waals surface area contributed by atoms with Crippen molar-refractivity contribution in [2.75, 3.05) is 5.32 Å². The Kier molecular flexibility index (Phi) is 6.53. The third kappa shape index (κ3) is 5.56. The largest absolute Gasteiger partial charge is 0.586 e. The summed E-state index contributed by atoms with van der Waals surface area (Å²) in [6.07, 6.45) is -0.522. The van der Waals surface area contributed by atoms with E-state index in [0.717, 1.165) is 16.8 Å². The second-order valence-electron chi connectivity index (χ2n) is 8.50. The van der Waals surface area contributed by atoms with Crippen molar-refractivity contribution in [2.24, 2.45) is 5.10 Å². The molecule has 1 aliphatic rings. The summed E-state index contributed by atoms with van der Waals surface area (Å²) < 4.78 is 37.0. The van der Waals surface area contributed by atoms with E-state index in [1.807, 2.05) is 42.5 Å². The zero-order valence-corrected chi connectivity index (χ0v) is 20.7. The van der Waals surface area contributed by atoms with Gasteiger partial charge in [0, 0.05) is 17.3 Å². The first-order chi connectivity index (χ1) is 17.8. The number of ether oxygens (including phenoxy) is 2. The third-order valence-electron chi connectivity index (χ3n) is 5.52. The number of hydrazone groups is 1. The number of benzene rings is 3. The summed E-state index contributed by atoms with van der Waals surface area (Å²) in [4.78, 5) is 4.32. The molecule has 0 radical (unpaired) electrons. The van der Waals surface area contributed by atoms with E-state index >= 15 is 0 Å². The van der Waals surface area contributed by atoms with Gasteiger partial charge in [-0.1, -0.05) is 56.3 Å². The molecule has 0 amide bonds. The summed E-state index contributed by atoms with van der Waals surface area (Å²) in [5.74, 6) is 0.742. The van der Waals surface area contributed by atoms with Gasteiger partial charge in [0.15, 0.2) is 22.4 Å². The Morgan fingerprint density at radius 1 is 1.05 bits per heavy atom. The molecule has 2 heterocycles. The van der Waals surface area contributed by atoms with Gasteiger partial charge in [-0.2, -0.15) is 5.10 Å². The van der Waals surface area contributed by atoms with Crippen molar-refractivity contribution in [1.29, 1.82) is 0 Å². The molecule has 0 saturated heterocycles. The minimum absolute atomic E-state index is 0.0299. The van der Waals surface area contributed by atoms with E-state index in [-0.39, 0.29) is 11.5 Å². The lowest BCUT2D eigenvalue weighted by atomic mass is 10.0. The molecule has 2 N–H and O–H groups in total. The molecule has 5 rings (SSSR count). The van der Waals surface area contributed by atoms with Crippen molar-refractivity contribution in [3.63, 3.8) is 0 Å². The zero-order valence-electron chi connectivity index (χ0n) is 19.9. The van der Waals surface area contributed by atoms with Gasteiger partial charge in [-0.05, 0) is 47.5 Å². The number of fused-ring (bicyclic) bond motifs is 1. The lowest BCUT2D eigenvalue weighted by Crippen LogP contribution is -2.25. The average molecular weight is 521 g/mol. The molecule has 0 unspecified atom stereocenters. The Morgan fingerprint density at radius 3 is 2.59 bits per heavy atom. The Bertz CT molecular complexity index is 1470. The van der Waals surface area contributed by atoms with Crippen molar-refractivity contribution in [3.05, 3.63) is 84.2 Å². The molecule has 1 aliphatic heterocycles. The number of nitrogens with zero attached hydrogens (tertiary/aromatic N) is 4. The highest BCUT2D eigenvalue weighted by molar-refractivity contribution is 7.80. The van der Waals surface area contributed by atoms with Crippen LogP contribution >= 0.6 is 12.2 Å². The van der Waals surface area contributed by atoms with Gasteiger partial charge < -0.3 is 14.8 Å². The number of anilines is 1. The molecule has 3 aromatic carbocycles. The standard InChI is InChI=1S/C26H22F2N6O2S/c1-16(2)20-5-3-4-6-21(20)31-25(37)32-30-14-17-7-9-18(10-8-17)24-29-15-34(33-24)19-11-12-22-23(13-19)36-26(27,28)35-22/h3-16H,1-2H3,(H2,31,32,37)/b30-14+. The normalized spacial score (nSPS) is 13.8. The molecule has 1 aromatic heterocycles. The fraction of sp³-hybridized carbons (Fsp3) is 0.154. The van der Waals surface area contributed by atoms with Gasteiger partial charge in [-0.25, -0.2) is 9.67 Å². The Hall–Kier alpha value is -4.38. The minimum atomic E-state index is -3.67. The highest BCUT2D eigenvalue weighted by Crippen LogP contribution is 2.41. The van der Waals surface area contributed by atoms with E-state index in [4.69, 9.17) is 12.2 Å². The van der Waals surface area contributed by atoms with Gasteiger partial charge in [0.1, 0.15) is 6.33 Å². The van der Waals surface area contributed by atoms with Crippen molar-refractivity contribution >= 4 is 29.2 Å². The van der Waals surface area contributed by atoms with Crippen LogP contribution in [-0.4, -0.2) is 32.4 Å². The van der Waals surface area contributed by atoms with Gasteiger partial charge in [-0.3, -0.25) is 5.43 Å². The monoisotopic (exact) mass is 520 g/mol. The summed E-state index contributed by atoms with van der Waals surface area (Å²) >= 11 is 5.36. The highest BCUT2D eigenvalue weighted by Gasteiger charge is 2.43. The predicted octanol–water partition coefficient (Wildman–Crippen LogP) is 5.70. The van der Waals surface area contributed by atoms with Gasteiger partial charge in [0.05, 0.1) is 11.9 Å². The fourth-order valence-corrected chi connectivity index (χ4v) is 3.91. The third-order valence-corrected chi connectivity index (χ3v) is 5.71. The zero-order chi connectivity index (χ0) is 26.0. The molecule has 4 aromatic rings. The van der Waals surface area contributed by atoms with Crippen LogP contribution < -0.4 is 20.2 Å². The van der Waals surface area contributed by atoms with Crippen LogP contribution in [0.1, 0.15) is 30.9 Å². The number of hydrogen-bond acceptors (Lipinski definition) is 6. The maximum Gasteiger partial charge on any atom is 0.586 e. The van der Waals surface area contributed by atoms with Crippen LogP contribution in [0.3, 0.4) is 0 Å². The first kappa shape index (κ1) is 24.3. The van der Waals surface area contributed by atoms with Crippen molar-refractivity contribution in [1.82, 2.24) is 20.2 Å². The first-order valence-electron chi connectivity index (χ1n) is 11.4. The molecule has 11 heteroatoms. The lowest BCUT2D eigenvalue weighted by molar-refractivity contribution is -0.286. The van der Waals surface area contributed by atoms with Crippen molar-refractivity contribution in [2.45, 2.75) is 26.1 Å². The molecule has 0 spiro atoms. The molecule has 0 atom stereocenters. The molecule has 0 fully saturated rings. The second kappa shape index (κ2) is 9.94. The second-order valence-corrected chi connectivity index (χ2v) is 8.91. The maximum atomic E-state index is 13.3. The van der Waals surface area contributed by atoms with Crippen molar-refractivity contribution < 1.29 is 18.3 Å². The number of alkyl halides is 2. The van der Waals surface area contributed by atoms with Gasteiger partial charge >= 0.3 is 6.29 Å². The molecule has 37 heavy (non-hydrogen) atoms. The van der Waals surface area contributed by atoms with E-state index in [1.165, 1.54) is 28.7 Å². The number of thiocarbonyl (C=S) groups is 1. The topological polar surface area (TPSA) is 85.6 Å². The van der Waals surface area contributed by atoms with Gasteiger partial charge in [0.2, 0.25) is 0 Å². The number of para-hydroxylation sites is 1. The number of rotatable bonds is 6. The predicted molar refractivity (Wildman–Crippen MR) is 140 cm³/mol. The minimum Gasteiger partial charge on any atom is -0.395 e. The maximum absolute atomic E-state index is 13.3. The molecular weight excluding hydrogens is 498 g/mol. The van der Waals surface area contributed by atoms with Crippen LogP contribution in [0.2, 0.25) is 0 Å². The Balaban J connectivity index is 1.20.